The zero-order valence-electron chi connectivity index (χ0n) is 17.2. The predicted molar refractivity (Wildman–Crippen MR) is 117 cm³/mol. The fourth-order valence-corrected chi connectivity index (χ4v) is 2.86. The van der Waals surface area contributed by atoms with E-state index in [4.69, 9.17) is 22.6 Å². The summed E-state index contributed by atoms with van der Waals surface area (Å²) >= 11 is 5.35. The van der Waals surface area contributed by atoms with Crippen molar-refractivity contribution in [2.24, 2.45) is 0 Å². The van der Waals surface area contributed by atoms with Gasteiger partial charge in [0.1, 0.15) is 17.2 Å². The molecule has 34 heavy (non-hydrogen) atoms. The summed E-state index contributed by atoms with van der Waals surface area (Å²) in [6.45, 7) is 0.331. The molecular weight excluding hydrogens is 477 g/mol. The van der Waals surface area contributed by atoms with Gasteiger partial charge in [-0.3, -0.25) is 9.59 Å². The van der Waals surface area contributed by atoms with Crippen molar-refractivity contribution in [3.05, 3.63) is 73.7 Å². The van der Waals surface area contributed by atoms with Crippen molar-refractivity contribution in [1.82, 2.24) is 24.6 Å². The molecule has 2 aromatic carbocycles. The Labute approximate surface area is 193 Å². The molecule has 0 aliphatic rings. The second-order valence-corrected chi connectivity index (χ2v) is 6.79. The van der Waals surface area contributed by atoms with Crippen molar-refractivity contribution >= 4 is 46.4 Å². The number of fused-ring (bicyclic) bond motifs is 1. The van der Waals surface area contributed by atoms with Gasteiger partial charge in [0, 0.05) is 12.6 Å². The van der Waals surface area contributed by atoms with E-state index in [1.807, 2.05) is 0 Å². The Morgan fingerprint density at radius 2 is 2.00 bits per heavy atom. The number of carbonyl (C=O) groups is 2. The number of methoxy groups -OCH3 is 1. The smallest absolute Gasteiger partial charge is 0.356 e. The number of carboxylic acids is 1. The van der Waals surface area contributed by atoms with Crippen molar-refractivity contribution in [2.45, 2.75) is 6.54 Å². The van der Waals surface area contributed by atoms with Crippen LogP contribution in [-0.2, 0) is 11.3 Å². The zero-order valence-corrected chi connectivity index (χ0v) is 18.0. The van der Waals surface area contributed by atoms with Crippen LogP contribution in [0.2, 0.25) is 0 Å². The van der Waals surface area contributed by atoms with Gasteiger partial charge in [-0.1, -0.05) is 11.3 Å². The minimum atomic E-state index is -1.24. The van der Waals surface area contributed by atoms with Gasteiger partial charge in [0.05, 0.1) is 19.0 Å². The number of hydrogen-bond acceptors (Lipinski definition) is 11. The predicted octanol–water partition coefficient (Wildman–Crippen LogP) is 0.600. The number of nitrogens with one attached hydrogen (secondary N) is 2. The number of nitrogens with zero attached hydrogens (tertiary/aromatic N) is 4. The Kier molecular flexibility index (Phi) is 7.13. The van der Waals surface area contributed by atoms with Gasteiger partial charge in [-0.05, 0) is 29.5 Å². The average Bonchev–Trinajstić information content (AvgIpc) is 3.31. The lowest BCUT2D eigenvalue weighted by molar-refractivity contribution is 0.0590. The first kappa shape index (κ1) is 24.2. The largest absolute Gasteiger partial charge is 0.477 e. The lowest BCUT2D eigenvalue weighted by Gasteiger charge is -2.11. The molecule has 15 heteroatoms. The van der Waals surface area contributed by atoms with Crippen LogP contribution >= 0.6 is 11.8 Å². The minimum Gasteiger partial charge on any atom is -0.477 e. The maximum atomic E-state index is 13.5. The fraction of sp³-hybridized carbons (Fsp3) is 0.105. The first-order chi connectivity index (χ1) is 16.2. The molecular formula is C19H15ClFN7O6. The Morgan fingerprint density at radius 3 is 2.62 bits per heavy atom. The Balaban J connectivity index is 0.000000192. The molecule has 0 atom stereocenters. The average molecular weight is 492 g/mol. The summed E-state index contributed by atoms with van der Waals surface area (Å²) in [4.78, 5) is 50.4. The molecule has 0 amide bonds. The molecule has 0 bridgehead atoms. The lowest BCUT2D eigenvalue weighted by atomic mass is 10.1. The summed E-state index contributed by atoms with van der Waals surface area (Å²) in [5.74, 6) is -2.50. The van der Waals surface area contributed by atoms with E-state index in [1.165, 1.54) is 25.4 Å². The number of ether oxygens (including phenoxy) is 1. The Hall–Kier alpha value is -4.43. The quantitative estimate of drug-likeness (QED) is 0.167. The summed E-state index contributed by atoms with van der Waals surface area (Å²) in [6.07, 6.45) is 1.25. The molecule has 0 radical (unpaired) electrons. The molecule has 4 aromatic rings. The van der Waals surface area contributed by atoms with Crippen LogP contribution in [0.3, 0.4) is 0 Å². The second-order valence-electron chi connectivity index (χ2n) is 6.52. The van der Waals surface area contributed by atoms with Gasteiger partial charge in [-0.2, -0.15) is 4.52 Å². The van der Waals surface area contributed by atoms with E-state index in [9.17, 15) is 23.6 Å². The number of nitrogen functional groups attached to an aromatic ring is 1. The van der Waals surface area contributed by atoms with Crippen LogP contribution < -0.4 is 26.7 Å². The Bertz CT molecular complexity index is 1460. The first-order valence-corrected chi connectivity index (χ1v) is 9.56. The number of aromatic nitrogens is 4. The van der Waals surface area contributed by atoms with Crippen molar-refractivity contribution in [1.29, 1.82) is 0 Å². The van der Waals surface area contributed by atoms with Crippen molar-refractivity contribution < 1.29 is 23.8 Å². The minimum absolute atomic E-state index is 0.0394. The monoisotopic (exact) mass is 491 g/mol. The van der Waals surface area contributed by atoms with E-state index in [-0.39, 0.29) is 34.1 Å². The van der Waals surface area contributed by atoms with E-state index in [0.717, 1.165) is 10.6 Å². The van der Waals surface area contributed by atoms with Gasteiger partial charge in [-0.15, -0.1) is 5.10 Å². The molecule has 0 fully saturated rings. The van der Waals surface area contributed by atoms with Crippen molar-refractivity contribution in [3.8, 4) is 0 Å². The van der Waals surface area contributed by atoms with E-state index < -0.39 is 28.6 Å². The summed E-state index contributed by atoms with van der Waals surface area (Å²) in [7, 11) is 1.19. The number of anilines is 3. The molecule has 4 rings (SSSR count). The highest BCUT2D eigenvalue weighted by molar-refractivity contribution is 6.13. The highest BCUT2D eigenvalue weighted by Crippen LogP contribution is 2.22. The van der Waals surface area contributed by atoms with Crippen LogP contribution in [0, 0.1) is 5.82 Å². The summed E-state index contributed by atoms with van der Waals surface area (Å²) in [6, 6.07) is 5.33. The van der Waals surface area contributed by atoms with Crippen molar-refractivity contribution in [2.75, 3.05) is 18.2 Å². The number of carboxylic acid groups (broad SMARTS) is 1. The maximum Gasteiger partial charge on any atom is 0.356 e. The number of halogens is 2. The van der Waals surface area contributed by atoms with E-state index in [2.05, 4.69) is 30.2 Å². The summed E-state index contributed by atoms with van der Waals surface area (Å²) in [5, 5.41) is 18.4. The highest BCUT2D eigenvalue weighted by atomic mass is 35.5. The number of esters is 1. The topological polar surface area (TPSA) is 191 Å². The summed E-state index contributed by atoms with van der Waals surface area (Å²) < 4.78 is 19.1. The van der Waals surface area contributed by atoms with Gasteiger partial charge in [0.25, 0.3) is 10.9 Å². The molecule has 0 spiro atoms. The fourth-order valence-electron chi connectivity index (χ4n) is 2.71. The number of hydrogen-bond donors (Lipinski definition) is 4. The third-order valence-electron chi connectivity index (χ3n) is 4.39. The molecule has 0 unspecified atom stereocenters. The molecule has 2 aromatic heterocycles. The zero-order chi connectivity index (χ0) is 25.0. The molecule has 0 saturated carbocycles. The van der Waals surface area contributed by atoms with E-state index in [1.54, 1.807) is 6.07 Å². The highest BCUT2D eigenvalue weighted by Gasteiger charge is 2.19. The molecule has 2 heterocycles. The van der Waals surface area contributed by atoms with Crippen LogP contribution in [0.1, 0.15) is 26.5 Å². The first-order valence-electron chi connectivity index (χ1n) is 9.18. The summed E-state index contributed by atoms with van der Waals surface area (Å²) in [5.41, 5.74) is 4.23. The van der Waals surface area contributed by atoms with E-state index >= 15 is 0 Å². The number of aromatic carboxylic acids is 1. The normalized spacial score (nSPS) is 10.6. The molecule has 13 nitrogen and oxygen atoms in total. The van der Waals surface area contributed by atoms with Crippen LogP contribution in [-0.4, -0.2) is 44.0 Å². The standard InChI is InChI=1S/C11H9ClFN3O2.C8H6N4O4/c12-15-4-5-1-2-6(13)7(3-5)16-9-8(14)10(17)11(9)18;1-16-8(15)5-2-4(7(13)14)10-6-3-9-11-12(5)6/h1-3,15-16H,4,14H2;2-3H,1H3,(H,13,14). The molecule has 0 aliphatic carbocycles. The van der Waals surface area contributed by atoms with Crippen molar-refractivity contribution in [3.63, 3.8) is 0 Å². The molecule has 0 saturated heterocycles. The van der Waals surface area contributed by atoms with Crippen LogP contribution in [0.4, 0.5) is 21.5 Å². The van der Waals surface area contributed by atoms with Crippen LogP contribution in [0.5, 0.6) is 0 Å². The Morgan fingerprint density at radius 1 is 1.26 bits per heavy atom. The van der Waals surface area contributed by atoms with E-state index in [0.29, 0.717) is 12.1 Å². The van der Waals surface area contributed by atoms with Crippen LogP contribution in [0.25, 0.3) is 5.65 Å². The SMILES string of the molecule is COC(=O)c1cc(C(=O)O)nc2cnnn12.Nc1c(Nc2cc(CNCl)ccc2F)c(=O)c1=O. The number of nitrogens with two attached hydrogens (primary N) is 1. The maximum absolute atomic E-state index is 13.5. The lowest BCUT2D eigenvalue weighted by Crippen LogP contribution is -2.36. The van der Waals surface area contributed by atoms with Crippen LogP contribution in [0.15, 0.2) is 40.1 Å². The van der Waals surface area contributed by atoms with Gasteiger partial charge >= 0.3 is 11.9 Å². The van der Waals surface area contributed by atoms with Gasteiger partial charge < -0.3 is 20.9 Å². The molecule has 0 aliphatic heterocycles. The number of rotatable bonds is 6. The third kappa shape index (κ3) is 4.82. The van der Waals surface area contributed by atoms with Gasteiger partial charge in [0.15, 0.2) is 17.0 Å². The second kappa shape index (κ2) is 10.0. The third-order valence-corrected chi connectivity index (χ3v) is 4.52. The number of carbonyl (C=O) groups excluding carboxylic acids is 1. The number of benzene rings is 1. The van der Waals surface area contributed by atoms with Gasteiger partial charge in [-0.25, -0.2) is 23.8 Å². The molecule has 5 N–H and O–H groups in total. The molecule has 176 valence electrons. The van der Waals surface area contributed by atoms with Gasteiger partial charge in [0.2, 0.25) is 0 Å².